The summed E-state index contributed by atoms with van der Waals surface area (Å²) in [7, 11) is 0. The number of piperidine rings is 1. The first-order valence-corrected chi connectivity index (χ1v) is 13.5. The number of ketones is 1. The molecule has 2 aromatic carbocycles. The smallest absolute Gasteiger partial charge is 0.274 e. The molecule has 210 valence electrons. The molecule has 0 atom stereocenters. The first-order valence-electron chi connectivity index (χ1n) is 13.5. The van der Waals surface area contributed by atoms with Crippen molar-refractivity contribution in [2.45, 2.75) is 38.6 Å². The van der Waals surface area contributed by atoms with Crippen molar-refractivity contribution in [3.63, 3.8) is 0 Å². The average molecular weight is 560 g/mol. The van der Waals surface area contributed by atoms with Crippen molar-refractivity contribution in [2.75, 3.05) is 24.5 Å². The first kappa shape index (κ1) is 26.7. The maximum absolute atomic E-state index is 14.1. The topological polar surface area (TPSA) is 71.3 Å². The Morgan fingerprint density at radius 3 is 2.29 bits per heavy atom. The van der Waals surface area contributed by atoms with Gasteiger partial charge in [-0.05, 0) is 68.1 Å². The molecule has 2 aliphatic heterocycles. The molecule has 6 rings (SSSR count). The van der Waals surface area contributed by atoms with Crippen LogP contribution in [0.2, 0.25) is 0 Å². The number of amides is 1. The molecule has 4 aromatic rings. The highest BCUT2D eigenvalue weighted by atomic mass is 19.2. The Morgan fingerprint density at radius 1 is 0.902 bits per heavy atom. The molecule has 2 saturated heterocycles. The highest BCUT2D eigenvalue weighted by molar-refractivity contribution is 5.97. The number of hydrogen-bond donors (Lipinski definition) is 0. The molecular weight excluding hydrogens is 531 g/mol. The molecule has 1 spiro atoms. The molecule has 10 heteroatoms. The van der Waals surface area contributed by atoms with Gasteiger partial charge in [0.2, 0.25) is 0 Å². The molecule has 0 bridgehead atoms. The summed E-state index contributed by atoms with van der Waals surface area (Å²) in [5.41, 5.74) is 3.61. The van der Waals surface area contributed by atoms with Crippen LogP contribution < -0.4 is 4.90 Å². The third-order valence-corrected chi connectivity index (χ3v) is 8.38. The van der Waals surface area contributed by atoms with E-state index in [2.05, 4.69) is 41.0 Å². The number of aromatic nitrogens is 3. The van der Waals surface area contributed by atoms with Crippen molar-refractivity contribution in [1.82, 2.24) is 19.7 Å². The monoisotopic (exact) mass is 559 g/mol. The van der Waals surface area contributed by atoms with Crippen LogP contribution in [0.5, 0.6) is 0 Å². The SMILES string of the molecule is Cc1ccc(N2CCC(=O)C23CCN(C(=O)c2cc(-c4cccnc4)n(-c4cc(F)c(F)c(F)c4)n2)CC3)cc1C. The van der Waals surface area contributed by atoms with Crippen molar-refractivity contribution >= 4 is 17.4 Å². The third-order valence-electron chi connectivity index (χ3n) is 8.38. The number of carbonyl (C=O) groups excluding carboxylic acids is 2. The number of benzene rings is 2. The second-order valence-electron chi connectivity index (χ2n) is 10.7. The fraction of sp³-hybridized carbons (Fsp3) is 0.290. The zero-order valence-corrected chi connectivity index (χ0v) is 22.7. The highest BCUT2D eigenvalue weighted by Crippen LogP contribution is 2.40. The Bertz CT molecular complexity index is 1640. The van der Waals surface area contributed by atoms with Crippen LogP contribution >= 0.6 is 0 Å². The molecule has 4 heterocycles. The fourth-order valence-electron chi connectivity index (χ4n) is 5.94. The lowest BCUT2D eigenvalue weighted by molar-refractivity contribution is -0.123. The first-order chi connectivity index (χ1) is 19.7. The minimum Gasteiger partial charge on any atom is -0.358 e. The number of anilines is 1. The van der Waals surface area contributed by atoms with Crippen molar-refractivity contribution in [3.05, 3.63) is 95.2 Å². The van der Waals surface area contributed by atoms with E-state index in [0.29, 0.717) is 50.2 Å². The van der Waals surface area contributed by atoms with Crippen molar-refractivity contribution in [2.24, 2.45) is 0 Å². The van der Waals surface area contributed by atoms with Gasteiger partial charge in [0.05, 0.1) is 11.4 Å². The van der Waals surface area contributed by atoms with Crippen LogP contribution in [-0.4, -0.2) is 56.5 Å². The number of pyridine rings is 1. The molecule has 2 aliphatic rings. The van der Waals surface area contributed by atoms with Crippen LogP contribution in [0.15, 0.2) is 60.9 Å². The Labute approximate surface area is 235 Å². The van der Waals surface area contributed by atoms with Crippen LogP contribution in [0.3, 0.4) is 0 Å². The van der Waals surface area contributed by atoms with Crippen LogP contribution in [0, 0.1) is 31.3 Å². The zero-order valence-electron chi connectivity index (χ0n) is 22.7. The molecular formula is C31H28F3N5O2. The number of aryl methyl sites for hydroxylation is 2. The van der Waals surface area contributed by atoms with E-state index in [1.54, 1.807) is 23.2 Å². The molecule has 0 saturated carbocycles. The van der Waals surface area contributed by atoms with Gasteiger partial charge in [0.25, 0.3) is 5.91 Å². The molecule has 2 fully saturated rings. The molecule has 0 radical (unpaired) electrons. The van der Waals surface area contributed by atoms with Crippen LogP contribution in [-0.2, 0) is 4.79 Å². The third kappa shape index (κ3) is 4.57. The predicted octanol–water partition coefficient (Wildman–Crippen LogP) is 5.42. The van der Waals surface area contributed by atoms with Gasteiger partial charge in [-0.1, -0.05) is 6.07 Å². The zero-order chi connectivity index (χ0) is 28.9. The van der Waals surface area contributed by atoms with E-state index in [1.165, 1.54) is 22.5 Å². The minimum absolute atomic E-state index is 0.0636. The molecule has 1 amide bonds. The Hall–Kier alpha value is -4.47. The second kappa shape index (κ2) is 10.2. The normalized spacial score (nSPS) is 16.6. The number of halogens is 3. The van der Waals surface area contributed by atoms with E-state index in [4.69, 9.17) is 0 Å². The summed E-state index contributed by atoms with van der Waals surface area (Å²) in [6, 6.07) is 12.8. The number of hydrogen-bond acceptors (Lipinski definition) is 5. The predicted molar refractivity (Wildman–Crippen MR) is 147 cm³/mol. The lowest BCUT2D eigenvalue weighted by Crippen LogP contribution is -2.56. The van der Waals surface area contributed by atoms with Gasteiger partial charge in [0.1, 0.15) is 5.54 Å². The van der Waals surface area contributed by atoms with Gasteiger partial charge in [-0.3, -0.25) is 14.6 Å². The van der Waals surface area contributed by atoms with E-state index in [0.717, 1.165) is 23.4 Å². The second-order valence-corrected chi connectivity index (χ2v) is 10.7. The number of carbonyl (C=O) groups is 2. The van der Waals surface area contributed by atoms with Gasteiger partial charge < -0.3 is 9.80 Å². The van der Waals surface area contributed by atoms with E-state index in [1.807, 2.05) is 6.07 Å². The molecule has 0 unspecified atom stereocenters. The van der Waals surface area contributed by atoms with E-state index < -0.39 is 23.0 Å². The number of nitrogens with zero attached hydrogens (tertiary/aromatic N) is 5. The largest absolute Gasteiger partial charge is 0.358 e. The Kier molecular flexibility index (Phi) is 6.63. The summed E-state index contributed by atoms with van der Waals surface area (Å²) in [5, 5.41) is 4.39. The fourth-order valence-corrected chi connectivity index (χ4v) is 5.94. The van der Waals surface area contributed by atoms with Crippen LogP contribution in [0.25, 0.3) is 16.9 Å². The van der Waals surface area contributed by atoms with E-state index >= 15 is 0 Å². The standard InChI is InChI=1S/C31H28F3N5O2/c1-19-5-6-22(14-20(19)2)38-11-7-28(40)31(38)8-12-37(13-9-31)30(41)26-17-27(21-4-3-10-35-18-21)39(36-26)23-15-24(32)29(34)25(33)16-23/h3-6,10,14-18H,7-9,11-13H2,1-2H3. The van der Waals surface area contributed by atoms with Crippen LogP contribution in [0.1, 0.15) is 40.9 Å². The number of likely N-dealkylation sites (tertiary alicyclic amines) is 1. The van der Waals surface area contributed by atoms with Gasteiger partial charge in [-0.15, -0.1) is 0 Å². The van der Waals surface area contributed by atoms with Gasteiger partial charge in [-0.2, -0.15) is 5.10 Å². The van der Waals surface area contributed by atoms with Gasteiger partial charge in [0.15, 0.2) is 28.9 Å². The molecule has 7 nitrogen and oxygen atoms in total. The lowest BCUT2D eigenvalue weighted by Gasteiger charge is -2.44. The Morgan fingerprint density at radius 2 is 1.63 bits per heavy atom. The number of rotatable bonds is 4. The molecule has 2 aromatic heterocycles. The van der Waals surface area contributed by atoms with Crippen molar-refractivity contribution < 1.29 is 22.8 Å². The lowest BCUT2D eigenvalue weighted by atomic mass is 9.83. The van der Waals surface area contributed by atoms with Gasteiger partial charge >= 0.3 is 0 Å². The quantitative estimate of drug-likeness (QED) is 0.312. The molecule has 41 heavy (non-hydrogen) atoms. The van der Waals surface area contributed by atoms with Crippen LogP contribution in [0.4, 0.5) is 18.9 Å². The summed E-state index contributed by atoms with van der Waals surface area (Å²) in [5.74, 6) is -4.49. The van der Waals surface area contributed by atoms with E-state index in [-0.39, 0.29) is 23.1 Å². The van der Waals surface area contributed by atoms with Gasteiger partial charge in [-0.25, -0.2) is 17.9 Å². The van der Waals surface area contributed by atoms with E-state index in [9.17, 15) is 22.8 Å². The summed E-state index contributed by atoms with van der Waals surface area (Å²) >= 11 is 0. The Balaban J connectivity index is 1.29. The summed E-state index contributed by atoms with van der Waals surface area (Å²) in [4.78, 5) is 34.8. The summed E-state index contributed by atoms with van der Waals surface area (Å²) in [6.45, 7) is 5.44. The minimum atomic E-state index is -1.58. The summed E-state index contributed by atoms with van der Waals surface area (Å²) < 4.78 is 43.1. The average Bonchev–Trinajstić information content (AvgIpc) is 3.56. The maximum atomic E-state index is 14.1. The molecule has 0 aliphatic carbocycles. The van der Waals surface area contributed by atoms with Gasteiger partial charge in [0, 0.05) is 61.8 Å². The highest BCUT2D eigenvalue weighted by Gasteiger charge is 2.50. The van der Waals surface area contributed by atoms with Crippen molar-refractivity contribution in [3.8, 4) is 16.9 Å². The summed E-state index contributed by atoms with van der Waals surface area (Å²) in [6.07, 6.45) is 4.53. The maximum Gasteiger partial charge on any atom is 0.274 e. The number of Topliss-reactive ketones (excluding diaryl/α,β-unsaturated/α-hetero) is 1. The molecule has 0 N–H and O–H groups in total. The van der Waals surface area contributed by atoms with Crippen molar-refractivity contribution in [1.29, 1.82) is 0 Å².